The summed E-state index contributed by atoms with van der Waals surface area (Å²) in [7, 11) is 0. The van der Waals surface area contributed by atoms with Crippen LogP contribution in [0.15, 0.2) is 103 Å². The van der Waals surface area contributed by atoms with Crippen molar-refractivity contribution >= 4 is 71.7 Å². The second-order valence-corrected chi connectivity index (χ2v) is 15.4. The van der Waals surface area contributed by atoms with Gasteiger partial charge in [-0.2, -0.15) is 0 Å². The second-order valence-electron chi connectivity index (χ2n) is 15.4. The summed E-state index contributed by atoms with van der Waals surface area (Å²) in [6.45, 7) is 13.8. The number of hydrogen-bond donors (Lipinski definition) is 0. The molecule has 0 unspecified atom stereocenters. The van der Waals surface area contributed by atoms with Gasteiger partial charge in [0.15, 0.2) is 0 Å². The van der Waals surface area contributed by atoms with Crippen LogP contribution >= 0.6 is 0 Å². The van der Waals surface area contributed by atoms with Crippen LogP contribution in [0.2, 0.25) is 0 Å². The average molecular weight is 610 g/mol. The highest BCUT2D eigenvalue weighted by molar-refractivity contribution is 6.08. The van der Waals surface area contributed by atoms with Crippen molar-refractivity contribution in [3.63, 3.8) is 0 Å². The zero-order valence-corrected chi connectivity index (χ0v) is 27.6. The SMILES string of the molecule is CC(C)(C)c1cc(-c2cc3c4c(c2)n2c5cc6ccccc6cc5nc2n4c2nc4cc5ccccc5cc4n32)cc(C(C)(C)C)c1. The minimum Gasteiger partial charge on any atom is -0.276 e. The molecule has 0 aliphatic heterocycles. The molecule has 0 bridgehead atoms. The lowest BCUT2D eigenvalue weighted by molar-refractivity contribution is 0.569. The molecule has 0 saturated carbocycles. The fourth-order valence-electron chi connectivity index (χ4n) is 7.57. The number of imidazole rings is 4. The van der Waals surface area contributed by atoms with Crippen molar-refractivity contribution in [1.82, 2.24) is 23.2 Å². The second kappa shape index (κ2) is 8.68. The van der Waals surface area contributed by atoms with Crippen molar-refractivity contribution in [2.75, 3.05) is 0 Å². The van der Waals surface area contributed by atoms with Gasteiger partial charge in [0, 0.05) is 0 Å². The van der Waals surface area contributed by atoms with Gasteiger partial charge in [0.25, 0.3) is 0 Å². The van der Waals surface area contributed by atoms with Gasteiger partial charge < -0.3 is 0 Å². The Morgan fingerprint density at radius 1 is 0.426 bits per heavy atom. The van der Waals surface area contributed by atoms with Crippen molar-refractivity contribution in [3.05, 3.63) is 114 Å². The van der Waals surface area contributed by atoms with E-state index in [1.807, 2.05) is 0 Å². The van der Waals surface area contributed by atoms with Gasteiger partial charge >= 0.3 is 0 Å². The first-order valence-corrected chi connectivity index (χ1v) is 16.5. The molecule has 0 N–H and O–H groups in total. The van der Waals surface area contributed by atoms with Crippen LogP contribution in [0, 0.1) is 0 Å². The van der Waals surface area contributed by atoms with E-state index in [0.29, 0.717) is 0 Å². The molecule has 4 aromatic heterocycles. The molecule has 0 atom stereocenters. The van der Waals surface area contributed by atoms with Gasteiger partial charge in [0.05, 0.1) is 33.1 Å². The molecule has 0 fully saturated rings. The van der Waals surface area contributed by atoms with Gasteiger partial charge in [-0.15, -0.1) is 0 Å². The topological polar surface area (TPSA) is 39.0 Å². The summed E-state index contributed by atoms with van der Waals surface area (Å²) in [5, 5.41) is 4.81. The molecule has 5 heteroatoms. The summed E-state index contributed by atoms with van der Waals surface area (Å²) in [4.78, 5) is 10.6. The molecule has 0 aliphatic carbocycles. The lowest BCUT2D eigenvalue weighted by Gasteiger charge is -2.26. The number of benzene rings is 6. The van der Waals surface area contributed by atoms with Crippen LogP contribution in [-0.2, 0) is 10.8 Å². The van der Waals surface area contributed by atoms with Crippen molar-refractivity contribution in [3.8, 4) is 11.1 Å². The summed E-state index contributed by atoms with van der Waals surface area (Å²) in [5.41, 5.74) is 12.8. The van der Waals surface area contributed by atoms with Gasteiger partial charge in [0.2, 0.25) is 11.6 Å². The van der Waals surface area contributed by atoms with Gasteiger partial charge in [-0.25, -0.2) is 14.4 Å². The van der Waals surface area contributed by atoms with Crippen LogP contribution in [0.4, 0.5) is 0 Å². The Morgan fingerprint density at radius 2 is 0.830 bits per heavy atom. The minimum atomic E-state index is 0.0177. The van der Waals surface area contributed by atoms with E-state index in [0.717, 1.165) is 50.2 Å². The summed E-state index contributed by atoms with van der Waals surface area (Å²) in [5.74, 6) is 1.78. The highest BCUT2D eigenvalue weighted by Crippen LogP contribution is 2.40. The first-order chi connectivity index (χ1) is 22.5. The Labute approximate surface area is 272 Å². The third kappa shape index (κ3) is 3.65. The van der Waals surface area contributed by atoms with Crippen LogP contribution in [0.1, 0.15) is 52.7 Å². The largest absolute Gasteiger partial charge is 0.276 e. The van der Waals surface area contributed by atoms with E-state index in [4.69, 9.17) is 9.97 Å². The molecule has 0 aliphatic rings. The molecule has 5 nitrogen and oxygen atoms in total. The fraction of sp³-hybridized carbons (Fsp3) is 0.190. The average Bonchev–Trinajstić information content (AvgIpc) is 3.76. The first kappa shape index (κ1) is 26.8. The first-order valence-electron chi connectivity index (χ1n) is 16.5. The zero-order chi connectivity index (χ0) is 32.0. The molecule has 0 saturated heterocycles. The highest BCUT2D eigenvalue weighted by Gasteiger charge is 2.26. The summed E-state index contributed by atoms with van der Waals surface area (Å²) < 4.78 is 6.97. The normalized spacial score (nSPS) is 13.3. The summed E-state index contributed by atoms with van der Waals surface area (Å²) >= 11 is 0. The molecule has 6 aromatic carbocycles. The monoisotopic (exact) mass is 609 g/mol. The lowest BCUT2D eigenvalue weighted by Crippen LogP contribution is -2.16. The van der Waals surface area contributed by atoms with Crippen molar-refractivity contribution in [2.45, 2.75) is 52.4 Å². The van der Waals surface area contributed by atoms with Crippen LogP contribution < -0.4 is 0 Å². The van der Waals surface area contributed by atoms with E-state index in [-0.39, 0.29) is 10.8 Å². The maximum atomic E-state index is 5.30. The Kier molecular flexibility index (Phi) is 4.94. The maximum Gasteiger partial charge on any atom is 0.223 e. The zero-order valence-electron chi connectivity index (χ0n) is 27.6. The molecule has 228 valence electrons. The molecule has 0 amide bonds. The molecule has 4 heterocycles. The van der Waals surface area contributed by atoms with Gasteiger partial charge in [0.1, 0.15) is 5.52 Å². The van der Waals surface area contributed by atoms with Crippen molar-refractivity contribution in [2.24, 2.45) is 0 Å². The van der Waals surface area contributed by atoms with Crippen LogP contribution in [-0.4, -0.2) is 23.2 Å². The Bertz CT molecular complexity index is 2730. The molecule has 10 rings (SSSR count). The Hall–Kier alpha value is -5.42. The van der Waals surface area contributed by atoms with Crippen molar-refractivity contribution < 1.29 is 0 Å². The van der Waals surface area contributed by atoms with E-state index < -0.39 is 0 Å². The quantitative estimate of drug-likeness (QED) is 0.186. The highest BCUT2D eigenvalue weighted by atomic mass is 15.3. The number of aromatic nitrogens is 5. The maximum absolute atomic E-state index is 5.30. The molecular formula is C42H35N5. The van der Waals surface area contributed by atoms with Gasteiger partial charge in [-0.1, -0.05) is 108 Å². The number of rotatable bonds is 1. The van der Waals surface area contributed by atoms with E-state index in [1.54, 1.807) is 0 Å². The van der Waals surface area contributed by atoms with Crippen LogP contribution in [0.5, 0.6) is 0 Å². The van der Waals surface area contributed by atoms with E-state index in [9.17, 15) is 0 Å². The van der Waals surface area contributed by atoms with Crippen molar-refractivity contribution in [1.29, 1.82) is 0 Å². The van der Waals surface area contributed by atoms with E-state index in [1.165, 1.54) is 43.8 Å². The third-order valence-corrected chi connectivity index (χ3v) is 10.2. The summed E-state index contributed by atoms with van der Waals surface area (Å²) in [6, 6.07) is 38.0. The third-order valence-electron chi connectivity index (χ3n) is 10.2. The number of nitrogens with zero attached hydrogens (tertiary/aromatic N) is 5. The smallest absolute Gasteiger partial charge is 0.223 e. The van der Waals surface area contributed by atoms with Gasteiger partial charge in [-0.05, 0) is 91.0 Å². The Morgan fingerprint density at radius 3 is 1.26 bits per heavy atom. The molecule has 10 aromatic rings. The fourth-order valence-corrected chi connectivity index (χ4v) is 7.57. The number of hydrogen-bond acceptors (Lipinski definition) is 2. The summed E-state index contributed by atoms with van der Waals surface area (Å²) in [6.07, 6.45) is 0. The van der Waals surface area contributed by atoms with E-state index in [2.05, 4.69) is 158 Å². The van der Waals surface area contributed by atoms with E-state index >= 15 is 0 Å². The molecule has 47 heavy (non-hydrogen) atoms. The van der Waals surface area contributed by atoms with Gasteiger partial charge in [-0.3, -0.25) is 8.80 Å². The van der Waals surface area contributed by atoms with Crippen LogP contribution in [0.3, 0.4) is 0 Å². The van der Waals surface area contributed by atoms with Crippen LogP contribution in [0.25, 0.3) is 82.8 Å². The molecule has 0 radical (unpaired) electrons. The Balaban J connectivity index is 1.40. The lowest BCUT2D eigenvalue weighted by atomic mass is 9.79. The predicted octanol–water partition coefficient (Wildman–Crippen LogP) is 10.7. The molecular weight excluding hydrogens is 574 g/mol. The number of fused-ring (bicyclic) bond motifs is 12. The minimum absolute atomic E-state index is 0.0177. The standard InChI is InChI=1S/C42H35N5/c1-41(2,3)30-15-28(16-31(23-30)42(4,5)6)29-21-36-38-37(22-29)46-35-20-27-14-10-8-12-25(27)18-33(35)44-40(46)47(38)39-43-32-17-24-11-7-9-13-26(24)19-34(32)45(36)39/h7-23H,1-6H3. The predicted molar refractivity (Wildman–Crippen MR) is 196 cm³/mol. The molecule has 0 spiro atoms.